The molecule has 1 aromatic carbocycles. The van der Waals surface area contributed by atoms with Crippen LogP contribution in [0.25, 0.3) is 0 Å². The van der Waals surface area contributed by atoms with Gasteiger partial charge >= 0.3 is 6.18 Å². The first-order chi connectivity index (χ1) is 13.0. The summed E-state index contributed by atoms with van der Waals surface area (Å²) < 4.78 is 37.8. The second-order valence-corrected chi connectivity index (χ2v) is 8.00. The van der Waals surface area contributed by atoms with Crippen LogP contribution in [0.5, 0.6) is 0 Å². The Balaban J connectivity index is 0.00000352. The summed E-state index contributed by atoms with van der Waals surface area (Å²) in [6.07, 6.45) is -3.74. The Hall–Kier alpha value is -1.18. The number of alkyl halides is 4. The van der Waals surface area contributed by atoms with E-state index in [9.17, 15) is 18.0 Å². The second kappa shape index (κ2) is 13.1. The number of likely N-dealkylation sites (N-methyl/N-ethyl adjacent to an activating group) is 1. The van der Waals surface area contributed by atoms with E-state index in [1.807, 2.05) is 39.0 Å². The van der Waals surface area contributed by atoms with Crippen LogP contribution in [0, 0.1) is 13.8 Å². The number of halogens is 4. The SMILES string of the molecule is C=C.Cc1cc(C)cc(C(C)NC(SCCCCl)C(=O)N(C)CC(F)(F)F)c1. The summed E-state index contributed by atoms with van der Waals surface area (Å²) in [5.74, 6) is 0.448. The molecule has 2 unspecified atom stereocenters. The molecule has 0 saturated carbocycles. The molecule has 0 radical (unpaired) electrons. The van der Waals surface area contributed by atoms with E-state index in [0.717, 1.165) is 21.6 Å². The molecular formula is C20H30ClF3N2OS. The molecule has 1 N–H and O–H groups in total. The number of hydrogen-bond donors (Lipinski definition) is 1. The van der Waals surface area contributed by atoms with Gasteiger partial charge in [0, 0.05) is 19.0 Å². The van der Waals surface area contributed by atoms with Gasteiger partial charge in [0.1, 0.15) is 11.9 Å². The molecular weight excluding hydrogens is 409 g/mol. The lowest BCUT2D eigenvalue weighted by Crippen LogP contribution is -2.46. The third-order valence-corrected chi connectivity index (χ3v) is 5.19. The summed E-state index contributed by atoms with van der Waals surface area (Å²) in [4.78, 5) is 13.2. The minimum absolute atomic E-state index is 0.176. The number of rotatable bonds is 9. The molecule has 0 heterocycles. The Morgan fingerprint density at radius 1 is 1.25 bits per heavy atom. The summed E-state index contributed by atoms with van der Waals surface area (Å²) in [6.45, 7) is 10.6. The standard InChI is InChI=1S/C18H26ClF3N2OS.C2H4/c1-12-8-13(2)10-15(9-12)14(3)23-16(26-7-5-6-19)17(25)24(4)11-18(20,21)22;1-2/h8-10,14,16,23H,5-7,11H2,1-4H3;1-2H2. The van der Waals surface area contributed by atoms with Gasteiger partial charge < -0.3 is 4.90 Å². The van der Waals surface area contributed by atoms with Crippen LogP contribution in [-0.4, -0.2) is 47.6 Å². The van der Waals surface area contributed by atoms with E-state index in [1.54, 1.807) is 0 Å². The Bertz CT molecular complexity index is 593. The number of aryl methyl sites for hydroxylation is 2. The fourth-order valence-electron chi connectivity index (χ4n) is 2.58. The van der Waals surface area contributed by atoms with Crippen molar-refractivity contribution in [1.29, 1.82) is 0 Å². The molecule has 0 saturated heterocycles. The normalized spacial score (nSPS) is 13.3. The van der Waals surface area contributed by atoms with Crippen LogP contribution >= 0.6 is 23.4 Å². The van der Waals surface area contributed by atoms with Gasteiger partial charge in [0.15, 0.2) is 0 Å². The summed E-state index contributed by atoms with van der Waals surface area (Å²) in [5.41, 5.74) is 3.19. The van der Waals surface area contributed by atoms with Crippen molar-refractivity contribution in [2.45, 2.75) is 44.8 Å². The monoisotopic (exact) mass is 438 g/mol. The van der Waals surface area contributed by atoms with Gasteiger partial charge in [0.05, 0.1) is 0 Å². The number of thioether (sulfide) groups is 1. The van der Waals surface area contributed by atoms with Crippen LogP contribution < -0.4 is 5.32 Å². The maximum Gasteiger partial charge on any atom is 0.406 e. The predicted molar refractivity (Wildman–Crippen MR) is 114 cm³/mol. The van der Waals surface area contributed by atoms with Crippen LogP contribution in [0.1, 0.15) is 36.1 Å². The lowest BCUT2D eigenvalue weighted by molar-refractivity contribution is -0.158. The molecule has 0 aromatic heterocycles. The van der Waals surface area contributed by atoms with Gasteiger partial charge in [-0.25, -0.2) is 0 Å². The first kappa shape index (κ1) is 26.8. The van der Waals surface area contributed by atoms with Gasteiger partial charge in [-0.05, 0) is 38.5 Å². The van der Waals surface area contributed by atoms with Crippen molar-refractivity contribution in [3.8, 4) is 0 Å². The molecule has 160 valence electrons. The van der Waals surface area contributed by atoms with E-state index in [4.69, 9.17) is 11.6 Å². The predicted octanol–water partition coefficient (Wildman–Crippen LogP) is 5.47. The second-order valence-electron chi connectivity index (χ2n) is 6.41. The van der Waals surface area contributed by atoms with Gasteiger partial charge in [0.2, 0.25) is 5.91 Å². The molecule has 0 aliphatic rings. The summed E-state index contributed by atoms with van der Waals surface area (Å²) in [6, 6.07) is 5.89. The Labute approximate surface area is 175 Å². The highest BCUT2D eigenvalue weighted by Gasteiger charge is 2.34. The van der Waals surface area contributed by atoms with Crippen LogP contribution in [0.4, 0.5) is 13.2 Å². The summed E-state index contributed by atoms with van der Waals surface area (Å²) in [5, 5.41) is 2.41. The van der Waals surface area contributed by atoms with Gasteiger partial charge in [-0.15, -0.1) is 36.5 Å². The van der Waals surface area contributed by atoms with E-state index in [2.05, 4.69) is 18.5 Å². The molecule has 1 rings (SSSR count). The quantitative estimate of drug-likeness (QED) is 0.240. The minimum Gasteiger partial charge on any atom is -0.335 e. The molecule has 8 heteroatoms. The van der Waals surface area contributed by atoms with Gasteiger partial charge in [-0.3, -0.25) is 10.1 Å². The zero-order valence-corrected chi connectivity index (χ0v) is 18.5. The summed E-state index contributed by atoms with van der Waals surface area (Å²) >= 11 is 6.96. The van der Waals surface area contributed by atoms with E-state index >= 15 is 0 Å². The molecule has 3 nitrogen and oxygen atoms in total. The van der Waals surface area contributed by atoms with Crippen molar-refractivity contribution < 1.29 is 18.0 Å². The lowest BCUT2D eigenvalue weighted by atomic mass is 10.0. The van der Waals surface area contributed by atoms with E-state index in [-0.39, 0.29) is 6.04 Å². The first-order valence-corrected chi connectivity index (χ1v) is 10.5. The topological polar surface area (TPSA) is 32.3 Å². The van der Waals surface area contributed by atoms with Crippen LogP contribution in [0.2, 0.25) is 0 Å². The molecule has 0 bridgehead atoms. The van der Waals surface area contributed by atoms with Crippen molar-refractivity contribution in [2.75, 3.05) is 25.2 Å². The van der Waals surface area contributed by atoms with Crippen molar-refractivity contribution in [1.82, 2.24) is 10.2 Å². The molecule has 0 fully saturated rings. The van der Waals surface area contributed by atoms with Crippen LogP contribution in [0.15, 0.2) is 31.4 Å². The van der Waals surface area contributed by atoms with Crippen LogP contribution in [0.3, 0.4) is 0 Å². The van der Waals surface area contributed by atoms with Crippen molar-refractivity contribution in [3.63, 3.8) is 0 Å². The molecule has 0 spiro atoms. The highest BCUT2D eigenvalue weighted by atomic mass is 35.5. The Morgan fingerprint density at radius 2 is 1.79 bits per heavy atom. The number of carbonyl (C=O) groups excluding carboxylic acids is 1. The van der Waals surface area contributed by atoms with E-state index < -0.39 is 24.0 Å². The van der Waals surface area contributed by atoms with E-state index in [0.29, 0.717) is 18.1 Å². The third-order valence-electron chi connectivity index (χ3n) is 3.72. The van der Waals surface area contributed by atoms with Crippen LogP contribution in [-0.2, 0) is 4.79 Å². The molecule has 2 atom stereocenters. The molecule has 0 aliphatic heterocycles. The Kier molecular flexibility index (Phi) is 12.6. The highest BCUT2D eigenvalue weighted by molar-refractivity contribution is 8.00. The first-order valence-electron chi connectivity index (χ1n) is 8.87. The number of amides is 1. The minimum atomic E-state index is -4.42. The van der Waals surface area contributed by atoms with Gasteiger partial charge in [0.25, 0.3) is 0 Å². The zero-order valence-electron chi connectivity index (χ0n) is 16.9. The van der Waals surface area contributed by atoms with Gasteiger partial charge in [-0.1, -0.05) is 29.3 Å². The number of nitrogens with zero attached hydrogens (tertiary/aromatic N) is 1. The largest absolute Gasteiger partial charge is 0.406 e. The molecule has 1 amide bonds. The molecule has 28 heavy (non-hydrogen) atoms. The van der Waals surface area contributed by atoms with Gasteiger partial charge in [-0.2, -0.15) is 13.2 Å². The fourth-order valence-corrected chi connectivity index (χ4v) is 4.04. The fraction of sp³-hybridized carbons (Fsp3) is 0.550. The van der Waals surface area contributed by atoms with Crippen molar-refractivity contribution >= 4 is 29.3 Å². The number of benzene rings is 1. The average molecular weight is 439 g/mol. The van der Waals surface area contributed by atoms with Crippen molar-refractivity contribution in [3.05, 3.63) is 48.0 Å². The molecule has 1 aromatic rings. The number of nitrogens with one attached hydrogen (secondary N) is 1. The highest BCUT2D eigenvalue weighted by Crippen LogP contribution is 2.23. The lowest BCUT2D eigenvalue weighted by Gasteiger charge is -2.28. The summed E-state index contributed by atoms with van der Waals surface area (Å²) in [7, 11) is 1.17. The maximum absolute atomic E-state index is 12.6. The maximum atomic E-state index is 12.6. The molecule has 0 aliphatic carbocycles. The Morgan fingerprint density at radius 3 is 2.25 bits per heavy atom. The zero-order chi connectivity index (χ0) is 21.9. The smallest absolute Gasteiger partial charge is 0.335 e. The average Bonchev–Trinajstić information content (AvgIpc) is 2.59. The van der Waals surface area contributed by atoms with Crippen molar-refractivity contribution in [2.24, 2.45) is 0 Å². The number of hydrogen-bond acceptors (Lipinski definition) is 3. The third kappa shape index (κ3) is 10.4. The van der Waals surface area contributed by atoms with E-state index in [1.165, 1.54) is 18.8 Å². The number of carbonyl (C=O) groups is 1.